The minimum atomic E-state index is -4.51. The van der Waals surface area contributed by atoms with Crippen LogP contribution in [0.3, 0.4) is 0 Å². The Hall–Kier alpha value is -1.64. The highest BCUT2D eigenvalue weighted by Gasteiger charge is 2.39. The van der Waals surface area contributed by atoms with Gasteiger partial charge in [0.25, 0.3) is 0 Å². The fourth-order valence-corrected chi connectivity index (χ4v) is 2.84. The quantitative estimate of drug-likeness (QED) is 0.927. The molecule has 1 aromatic heterocycles. The minimum Gasteiger partial charge on any atom is -0.387 e. The Morgan fingerprint density at radius 3 is 2.74 bits per heavy atom. The molecule has 1 N–H and O–H groups in total. The number of hydrogen-bond acceptors (Lipinski definition) is 4. The maximum Gasteiger partial charge on any atom is 0.451 e. The number of aliphatic hydroxyl groups excluding tert-OH is 1. The summed E-state index contributed by atoms with van der Waals surface area (Å²) in [5, 5.41) is 17.6. The second-order valence-corrected chi connectivity index (χ2v) is 5.83. The first kappa shape index (κ1) is 16.2. The molecule has 1 unspecified atom stereocenters. The van der Waals surface area contributed by atoms with Crippen LogP contribution in [0.2, 0.25) is 5.02 Å². The molecule has 124 valence electrons. The predicted molar refractivity (Wildman–Crippen MR) is 76.7 cm³/mol. The van der Waals surface area contributed by atoms with E-state index >= 15 is 0 Å². The van der Waals surface area contributed by atoms with Gasteiger partial charge in [0.1, 0.15) is 5.82 Å². The molecule has 1 atom stereocenters. The van der Waals surface area contributed by atoms with E-state index < -0.39 is 18.1 Å². The summed E-state index contributed by atoms with van der Waals surface area (Å²) in [6.07, 6.45) is -5.28. The Kier molecular flexibility index (Phi) is 4.31. The van der Waals surface area contributed by atoms with Crippen molar-refractivity contribution in [2.45, 2.75) is 25.4 Å². The van der Waals surface area contributed by atoms with Gasteiger partial charge in [-0.05, 0) is 17.7 Å². The fraction of sp³-hybridized carbons (Fsp3) is 0.429. The molecule has 0 saturated carbocycles. The lowest BCUT2D eigenvalue weighted by Gasteiger charge is -2.29. The first-order chi connectivity index (χ1) is 10.8. The summed E-state index contributed by atoms with van der Waals surface area (Å²) in [5.74, 6) is -0.718. The number of aliphatic hydroxyl groups is 1. The van der Waals surface area contributed by atoms with Crippen LogP contribution in [0.4, 0.5) is 13.2 Å². The predicted octanol–water partition coefficient (Wildman–Crippen LogP) is 2.50. The smallest absolute Gasteiger partial charge is 0.387 e. The molecule has 0 bridgehead atoms. The van der Waals surface area contributed by atoms with Crippen LogP contribution in [0.15, 0.2) is 24.3 Å². The first-order valence-electron chi connectivity index (χ1n) is 7.00. The molecule has 0 spiro atoms. The molecule has 1 aliphatic heterocycles. The van der Waals surface area contributed by atoms with Crippen molar-refractivity contribution >= 4 is 11.6 Å². The van der Waals surface area contributed by atoms with Gasteiger partial charge in [-0.1, -0.05) is 23.7 Å². The van der Waals surface area contributed by atoms with Crippen LogP contribution in [0.1, 0.15) is 23.3 Å². The highest BCUT2D eigenvalue weighted by Crippen LogP contribution is 2.29. The zero-order chi connectivity index (χ0) is 16.6. The van der Waals surface area contributed by atoms with Crippen LogP contribution in [-0.2, 0) is 19.3 Å². The Bertz CT molecular complexity index is 704. The van der Waals surface area contributed by atoms with Crippen LogP contribution in [0, 0.1) is 0 Å². The lowest BCUT2D eigenvalue weighted by atomic mass is 10.1. The second-order valence-electron chi connectivity index (χ2n) is 5.40. The number of β-amino-alcohol motifs (C(OH)–C–C–N with tert-alkyl or cyclic N) is 1. The molecule has 1 aliphatic rings. The summed E-state index contributed by atoms with van der Waals surface area (Å²) in [5.41, 5.74) is 0.667. The SMILES string of the molecule is OC(CN1CCn2c(nnc2C(F)(F)F)C1)c1cccc(Cl)c1. The molecule has 1 aromatic carbocycles. The Morgan fingerprint density at radius 1 is 1.26 bits per heavy atom. The van der Waals surface area contributed by atoms with E-state index in [1.54, 1.807) is 24.3 Å². The molecule has 0 saturated heterocycles. The maximum atomic E-state index is 12.8. The number of fused-ring (bicyclic) bond motifs is 1. The topological polar surface area (TPSA) is 54.2 Å². The zero-order valence-electron chi connectivity index (χ0n) is 12.0. The van der Waals surface area contributed by atoms with Gasteiger partial charge in [-0.25, -0.2) is 0 Å². The van der Waals surface area contributed by atoms with Crippen molar-refractivity contribution in [1.82, 2.24) is 19.7 Å². The standard InChI is InChI=1S/C14H14ClF3N4O/c15-10-3-1-2-9(6-10)11(23)7-21-4-5-22-12(8-21)19-20-13(22)14(16,17)18/h1-3,6,11,23H,4-5,7-8H2. The van der Waals surface area contributed by atoms with Crippen LogP contribution in [0.25, 0.3) is 0 Å². The van der Waals surface area contributed by atoms with Gasteiger partial charge in [-0.15, -0.1) is 10.2 Å². The molecule has 0 aliphatic carbocycles. The van der Waals surface area contributed by atoms with E-state index in [2.05, 4.69) is 10.2 Å². The summed E-state index contributed by atoms with van der Waals surface area (Å²) in [4.78, 5) is 1.84. The summed E-state index contributed by atoms with van der Waals surface area (Å²) >= 11 is 5.89. The maximum absolute atomic E-state index is 12.8. The van der Waals surface area contributed by atoms with Crippen molar-refractivity contribution in [2.24, 2.45) is 0 Å². The molecule has 23 heavy (non-hydrogen) atoms. The fourth-order valence-electron chi connectivity index (χ4n) is 2.64. The highest BCUT2D eigenvalue weighted by molar-refractivity contribution is 6.30. The number of nitrogens with zero attached hydrogens (tertiary/aromatic N) is 4. The minimum absolute atomic E-state index is 0.138. The van der Waals surface area contributed by atoms with Gasteiger partial charge in [-0.2, -0.15) is 13.2 Å². The van der Waals surface area contributed by atoms with Crippen molar-refractivity contribution in [3.63, 3.8) is 0 Å². The Morgan fingerprint density at radius 2 is 2.04 bits per heavy atom. The number of rotatable bonds is 3. The number of benzene rings is 1. The normalized spacial score (nSPS) is 17.1. The monoisotopic (exact) mass is 346 g/mol. The Balaban J connectivity index is 1.70. The van der Waals surface area contributed by atoms with E-state index in [1.807, 2.05) is 4.90 Å². The van der Waals surface area contributed by atoms with E-state index in [-0.39, 0.29) is 25.5 Å². The zero-order valence-corrected chi connectivity index (χ0v) is 12.7. The number of alkyl halides is 3. The van der Waals surface area contributed by atoms with Crippen LogP contribution in [0.5, 0.6) is 0 Å². The van der Waals surface area contributed by atoms with Gasteiger partial charge in [0.2, 0.25) is 5.82 Å². The van der Waals surface area contributed by atoms with Gasteiger partial charge >= 0.3 is 6.18 Å². The third-order valence-electron chi connectivity index (χ3n) is 3.75. The molecule has 5 nitrogen and oxygen atoms in total. The summed E-state index contributed by atoms with van der Waals surface area (Å²) in [7, 11) is 0. The number of hydrogen-bond donors (Lipinski definition) is 1. The van der Waals surface area contributed by atoms with Gasteiger partial charge in [0.05, 0.1) is 12.6 Å². The van der Waals surface area contributed by atoms with E-state index in [0.29, 0.717) is 17.1 Å². The highest BCUT2D eigenvalue weighted by atomic mass is 35.5. The van der Waals surface area contributed by atoms with Crippen LogP contribution in [-0.4, -0.2) is 37.9 Å². The summed E-state index contributed by atoms with van der Waals surface area (Å²) in [6, 6.07) is 6.87. The van der Waals surface area contributed by atoms with E-state index in [1.165, 1.54) is 0 Å². The molecule has 3 rings (SSSR count). The van der Waals surface area contributed by atoms with Crippen LogP contribution < -0.4 is 0 Å². The molecule has 2 heterocycles. The summed E-state index contributed by atoms with van der Waals surface area (Å²) < 4.78 is 39.4. The average molecular weight is 347 g/mol. The third-order valence-corrected chi connectivity index (χ3v) is 3.99. The number of halogens is 4. The van der Waals surface area contributed by atoms with Crippen molar-refractivity contribution < 1.29 is 18.3 Å². The molecular weight excluding hydrogens is 333 g/mol. The van der Waals surface area contributed by atoms with Crippen LogP contribution >= 0.6 is 11.6 Å². The summed E-state index contributed by atoms with van der Waals surface area (Å²) in [6.45, 7) is 1.01. The molecule has 2 aromatic rings. The molecule has 0 fully saturated rings. The molecule has 0 amide bonds. The van der Waals surface area contributed by atoms with Crippen molar-refractivity contribution in [3.8, 4) is 0 Å². The lowest BCUT2D eigenvalue weighted by molar-refractivity contribution is -0.148. The van der Waals surface area contributed by atoms with Gasteiger partial charge in [0.15, 0.2) is 0 Å². The third kappa shape index (κ3) is 3.49. The van der Waals surface area contributed by atoms with E-state index in [4.69, 9.17) is 11.6 Å². The lowest BCUT2D eigenvalue weighted by Crippen LogP contribution is -2.37. The van der Waals surface area contributed by atoms with Gasteiger partial charge in [-0.3, -0.25) is 4.90 Å². The van der Waals surface area contributed by atoms with Crippen molar-refractivity contribution in [1.29, 1.82) is 0 Å². The second kappa shape index (κ2) is 6.10. The Labute approximate surface area is 135 Å². The molecular formula is C14H14ClF3N4O. The van der Waals surface area contributed by atoms with Crippen molar-refractivity contribution in [2.75, 3.05) is 13.1 Å². The molecule has 0 radical (unpaired) electrons. The van der Waals surface area contributed by atoms with Gasteiger partial charge < -0.3 is 9.67 Å². The first-order valence-corrected chi connectivity index (χ1v) is 7.37. The average Bonchev–Trinajstić information content (AvgIpc) is 2.90. The van der Waals surface area contributed by atoms with E-state index in [9.17, 15) is 18.3 Å². The largest absolute Gasteiger partial charge is 0.451 e. The van der Waals surface area contributed by atoms with Crippen molar-refractivity contribution in [3.05, 3.63) is 46.5 Å². The molecule has 9 heteroatoms. The van der Waals surface area contributed by atoms with Gasteiger partial charge in [0, 0.05) is 24.7 Å². The number of aromatic nitrogens is 3. The van der Waals surface area contributed by atoms with E-state index in [0.717, 1.165) is 4.57 Å².